The third kappa shape index (κ3) is 4.83. The number of anilines is 1. The molecule has 2 aromatic rings. The molecule has 1 aliphatic carbocycles. The molecular weight excluding hydrogens is 481 g/mol. The number of nitrogens with one attached hydrogen (secondary N) is 1. The van der Waals surface area contributed by atoms with E-state index in [0.717, 1.165) is 18.4 Å². The number of sulfone groups is 1. The Hall–Kier alpha value is -3.54. The van der Waals surface area contributed by atoms with Crippen molar-refractivity contribution in [3.05, 3.63) is 46.9 Å². The molecule has 12 heteroatoms. The van der Waals surface area contributed by atoms with E-state index in [4.69, 9.17) is 13.6 Å². The van der Waals surface area contributed by atoms with E-state index in [1.54, 1.807) is 6.92 Å². The summed E-state index contributed by atoms with van der Waals surface area (Å²) in [5.41, 5.74) is -1.21. The van der Waals surface area contributed by atoms with Crippen molar-refractivity contribution in [2.45, 2.75) is 25.8 Å². The number of carbonyl (C=O) groups excluding carboxylic acids is 3. The largest absolute Gasteiger partial charge is 0.491 e. The molecule has 1 aromatic carbocycles. The minimum absolute atomic E-state index is 0.0346. The Labute approximate surface area is 205 Å². The van der Waals surface area contributed by atoms with Crippen LogP contribution in [-0.2, 0) is 14.6 Å². The lowest BCUT2D eigenvalue weighted by molar-refractivity contribution is -0.117. The van der Waals surface area contributed by atoms with Crippen LogP contribution >= 0.6 is 0 Å². The van der Waals surface area contributed by atoms with Crippen LogP contribution in [0.25, 0.3) is 0 Å². The summed E-state index contributed by atoms with van der Waals surface area (Å²) in [7, 11) is -6.71. The second-order valence-electron chi connectivity index (χ2n) is 8.27. The molecule has 1 atom stereocenters. The molecule has 2 heterocycles. The molecule has 2 aliphatic rings. The number of hydrogen-bond acceptors (Lipinski definition) is 8. The average Bonchev–Trinajstić information content (AvgIpc) is 3.61. The maximum absolute atomic E-state index is 14.8. The van der Waals surface area contributed by atoms with Crippen LogP contribution in [0.2, 0.25) is 0 Å². The number of methoxy groups -OCH3 is 1. The molecule has 1 aromatic heterocycles. The van der Waals surface area contributed by atoms with Gasteiger partial charge in [0.1, 0.15) is 15.7 Å². The summed E-state index contributed by atoms with van der Waals surface area (Å²) in [6, 6.07) is 2.92. The van der Waals surface area contributed by atoms with Gasteiger partial charge < -0.3 is 14.8 Å². The summed E-state index contributed by atoms with van der Waals surface area (Å²) in [4.78, 5) is 44.0. The average molecular weight is 509 g/mol. The fourth-order valence-corrected chi connectivity index (χ4v) is 4.73. The Morgan fingerprint density at radius 2 is 1.97 bits per heavy atom. The Morgan fingerprint density at radius 3 is 2.60 bits per heavy atom. The predicted octanol–water partition coefficient (Wildman–Crippen LogP) is 2.36. The quantitative estimate of drug-likeness (QED) is 0.511. The first-order valence-electron chi connectivity index (χ1n) is 12.2. The number of hydrogen-bond donors (Lipinski definition) is 1. The van der Waals surface area contributed by atoms with Gasteiger partial charge >= 0.3 is 0 Å². The first kappa shape index (κ1) is 20.8. The molecule has 0 spiro atoms. The van der Waals surface area contributed by atoms with Crippen molar-refractivity contribution in [1.82, 2.24) is 9.88 Å². The zero-order chi connectivity index (χ0) is 28.0. The standard InChI is InChI=1S/C23H24FN3O7S/c1-4-34-21-17(33-2)10-9-14(26-21)16(11-35(3,31)32)27-22(29)18-13(24)7-8-15(19(18)23(27)30)25-20(28)12-5-6-12/h7-10,12,16H,4-6,11H2,1-3H3,(H,25,28)/i2D3. The maximum atomic E-state index is 14.8. The van der Waals surface area contributed by atoms with Crippen molar-refractivity contribution in [1.29, 1.82) is 0 Å². The number of pyridine rings is 1. The molecular formula is C23H24FN3O7S. The third-order valence-corrected chi connectivity index (χ3v) is 6.50. The van der Waals surface area contributed by atoms with Gasteiger partial charge in [-0.3, -0.25) is 19.3 Å². The molecule has 10 nitrogen and oxygen atoms in total. The fraction of sp³-hybridized carbons (Fsp3) is 0.391. The molecule has 0 radical (unpaired) electrons. The second-order valence-corrected chi connectivity index (χ2v) is 10.5. The highest BCUT2D eigenvalue weighted by molar-refractivity contribution is 7.90. The van der Waals surface area contributed by atoms with Gasteiger partial charge in [0.15, 0.2) is 5.75 Å². The molecule has 4 rings (SSSR count). The monoisotopic (exact) mass is 508 g/mol. The fourth-order valence-electron chi connectivity index (χ4n) is 3.83. The van der Waals surface area contributed by atoms with Gasteiger partial charge in [0.2, 0.25) is 5.91 Å². The normalized spacial score (nSPS) is 17.8. The van der Waals surface area contributed by atoms with E-state index < -0.39 is 57.4 Å². The number of aromatic nitrogens is 1. The zero-order valence-electron chi connectivity index (χ0n) is 21.8. The molecule has 1 fully saturated rings. The number of benzene rings is 1. The number of rotatable bonds is 9. The summed E-state index contributed by atoms with van der Waals surface area (Å²) in [6.45, 7) is 1.62. The van der Waals surface area contributed by atoms with Crippen LogP contribution in [0.1, 0.15) is 56.3 Å². The van der Waals surface area contributed by atoms with Crippen molar-refractivity contribution in [2.75, 3.05) is 31.0 Å². The molecule has 186 valence electrons. The van der Waals surface area contributed by atoms with Crippen LogP contribution < -0.4 is 14.8 Å². The Kier molecular flexibility index (Phi) is 5.50. The van der Waals surface area contributed by atoms with Gasteiger partial charge in [-0.05, 0) is 44.0 Å². The summed E-state index contributed by atoms with van der Waals surface area (Å²) in [5, 5.41) is 2.56. The van der Waals surface area contributed by atoms with Crippen molar-refractivity contribution in [3.8, 4) is 11.6 Å². The van der Waals surface area contributed by atoms with E-state index >= 15 is 0 Å². The Bertz CT molecular complexity index is 1430. The van der Waals surface area contributed by atoms with Gasteiger partial charge in [-0.15, -0.1) is 0 Å². The molecule has 1 saturated carbocycles. The molecule has 1 aliphatic heterocycles. The van der Waals surface area contributed by atoms with Gasteiger partial charge in [-0.1, -0.05) is 0 Å². The van der Waals surface area contributed by atoms with Crippen molar-refractivity contribution < 1.29 is 40.8 Å². The molecule has 0 bridgehead atoms. The van der Waals surface area contributed by atoms with E-state index in [0.29, 0.717) is 17.7 Å². The van der Waals surface area contributed by atoms with Crippen LogP contribution in [0.15, 0.2) is 24.3 Å². The van der Waals surface area contributed by atoms with Gasteiger partial charge in [-0.2, -0.15) is 0 Å². The number of carbonyl (C=O) groups is 3. The lowest BCUT2D eigenvalue weighted by Gasteiger charge is -2.26. The smallest absolute Gasteiger partial charge is 0.265 e. The van der Waals surface area contributed by atoms with Gasteiger partial charge in [-0.25, -0.2) is 17.8 Å². The molecule has 1 unspecified atom stereocenters. The van der Waals surface area contributed by atoms with Crippen molar-refractivity contribution in [3.63, 3.8) is 0 Å². The Morgan fingerprint density at radius 1 is 1.26 bits per heavy atom. The van der Waals surface area contributed by atoms with Crippen molar-refractivity contribution >= 4 is 33.2 Å². The van der Waals surface area contributed by atoms with Crippen LogP contribution in [0, 0.1) is 11.7 Å². The van der Waals surface area contributed by atoms with Crippen LogP contribution in [-0.4, -0.2) is 61.7 Å². The van der Waals surface area contributed by atoms with E-state index in [9.17, 15) is 27.2 Å². The minimum atomic E-state index is -3.86. The first-order chi connectivity index (χ1) is 17.7. The highest BCUT2D eigenvalue weighted by Gasteiger charge is 2.46. The van der Waals surface area contributed by atoms with E-state index in [1.165, 1.54) is 12.1 Å². The van der Waals surface area contributed by atoms with Crippen LogP contribution in [0.5, 0.6) is 11.6 Å². The molecule has 1 N–H and O–H groups in total. The second kappa shape index (κ2) is 9.25. The van der Waals surface area contributed by atoms with E-state index in [1.807, 2.05) is 0 Å². The molecule has 35 heavy (non-hydrogen) atoms. The lowest BCUT2D eigenvalue weighted by atomic mass is 10.1. The van der Waals surface area contributed by atoms with Crippen LogP contribution in [0.3, 0.4) is 0 Å². The number of imide groups is 1. The highest BCUT2D eigenvalue weighted by Crippen LogP contribution is 2.39. The van der Waals surface area contributed by atoms with E-state index in [2.05, 4.69) is 10.3 Å². The minimum Gasteiger partial charge on any atom is -0.491 e. The van der Waals surface area contributed by atoms with Gasteiger partial charge in [0.25, 0.3) is 17.7 Å². The topological polar surface area (TPSA) is 132 Å². The molecule has 3 amide bonds. The van der Waals surface area contributed by atoms with Gasteiger partial charge in [0.05, 0.1) is 52.1 Å². The maximum Gasteiger partial charge on any atom is 0.265 e. The lowest BCUT2D eigenvalue weighted by Crippen LogP contribution is -2.38. The SMILES string of the molecule is [2H]C([2H])([2H])Oc1ccc(C(CS(C)(=O)=O)N2C(=O)c3c(F)ccc(NC(=O)C4CC4)c3C2=O)nc1OCC. The zero-order valence-corrected chi connectivity index (χ0v) is 19.6. The number of nitrogens with zero attached hydrogens (tertiary/aromatic N) is 2. The number of ether oxygens (including phenoxy) is 2. The predicted molar refractivity (Wildman–Crippen MR) is 123 cm³/mol. The number of halogens is 1. The first-order valence-corrected chi connectivity index (χ1v) is 12.8. The summed E-state index contributed by atoms with van der Waals surface area (Å²) in [6.07, 6.45) is 2.22. The third-order valence-electron chi connectivity index (χ3n) is 5.58. The summed E-state index contributed by atoms with van der Waals surface area (Å²) < 4.78 is 71.7. The number of fused-ring (bicyclic) bond motifs is 1. The summed E-state index contributed by atoms with van der Waals surface area (Å²) >= 11 is 0. The van der Waals surface area contributed by atoms with E-state index in [-0.39, 0.29) is 41.4 Å². The van der Waals surface area contributed by atoms with Crippen molar-refractivity contribution in [2.24, 2.45) is 5.92 Å². The number of amides is 3. The molecule has 0 saturated heterocycles. The highest BCUT2D eigenvalue weighted by atomic mass is 32.2. The van der Waals surface area contributed by atoms with Gasteiger partial charge in [0, 0.05) is 12.2 Å². The Balaban J connectivity index is 1.79. The van der Waals surface area contributed by atoms with Crippen LogP contribution in [0.4, 0.5) is 10.1 Å². The summed E-state index contributed by atoms with van der Waals surface area (Å²) in [5.74, 6) is -5.12.